The number of hydrogen-bond acceptors (Lipinski definition) is 1. The average molecular weight is 341 g/mol. The van der Waals surface area contributed by atoms with Gasteiger partial charge in [-0.3, -0.25) is 4.79 Å². The number of aldehydes is 1. The number of carbonyl (C=O) groups is 1. The number of carbonyl (C=O) groups excluding carboxylic acids is 1. The van der Waals surface area contributed by atoms with E-state index in [0.29, 0.717) is 15.6 Å². The van der Waals surface area contributed by atoms with Crippen LogP contribution in [0, 0.1) is 0 Å². The van der Waals surface area contributed by atoms with E-state index in [1.165, 1.54) is 0 Å². The number of halogens is 2. The Balaban J connectivity index is 2.14. The lowest BCUT2D eigenvalue weighted by molar-refractivity contribution is 0.112. The molecule has 0 fully saturated rings. The van der Waals surface area contributed by atoms with Crippen LogP contribution in [-0.2, 0) is 0 Å². The highest BCUT2D eigenvalue weighted by Gasteiger charge is 2.17. The first-order chi connectivity index (χ1) is 11.2. The average Bonchev–Trinajstić information content (AvgIpc) is 2.59. The predicted octanol–water partition coefficient (Wildman–Crippen LogP) is 5.99. The van der Waals surface area contributed by atoms with Crippen molar-refractivity contribution in [2.24, 2.45) is 0 Å². The van der Waals surface area contributed by atoms with Gasteiger partial charge < -0.3 is 0 Å². The summed E-state index contributed by atoms with van der Waals surface area (Å²) in [4.78, 5) is 11.1. The molecule has 0 heterocycles. The first-order valence-corrected chi connectivity index (χ1v) is 7.99. The van der Waals surface area contributed by atoms with Gasteiger partial charge in [0.25, 0.3) is 0 Å². The van der Waals surface area contributed by atoms with Gasteiger partial charge in [-0.1, -0.05) is 65.7 Å². The second-order valence-corrected chi connectivity index (χ2v) is 6.20. The molecular formula is C20H14Cl2O. The van der Waals surface area contributed by atoms with Crippen LogP contribution in [0.1, 0.15) is 33.0 Å². The summed E-state index contributed by atoms with van der Waals surface area (Å²) < 4.78 is 0. The van der Waals surface area contributed by atoms with Gasteiger partial charge in [0.2, 0.25) is 0 Å². The van der Waals surface area contributed by atoms with E-state index in [9.17, 15) is 4.79 Å². The molecule has 0 aliphatic rings. The van der Waals surface area contributed by atoms with Gasteiger partial charge in [-0.05, 0) is 47.0 Å². The van der Waals surface area contributed by atoms with Gasteiger partial charge in [0, 0.05) is 21.5 Å². The Morgan fingerprint density at radius 3 is 1.70 bits per heavy atom. The molecule has 0 amide bonds. The van der Waals surface area contributed by atoms with Crippen molar-refractivity contribution in [3.63, 3.8) is 0 Å². The summed E-state index contributed by atoms with van der Waals surface area (Å²) in [5.41, 5.74) is 3.94. The van der Waals surface area contributed by atoms with Crippen LogP contribution in [0.3, 0.4) is 0 Å². The van der Waals surface area contributed by atoms with Crippen LogP contribution >= 0.6 is 23.2 Å². The summed E-state index contributed by atoms with van der Waals surface area (Å²) in [5, 5.41) is 1.40. The second kappa shape index (κ2) is 6.99. The van der Waals surface area contributed by atoms with Crippen LogP contribution in [0.2, 0.25) is 10.0 Å². The maximum Gasteiger partial charge on any atom is 0.150 e. The Morgan fingerprint density at radius 1 is 0.696 bits per heavy atom. The van der Waals surface area contributed by atoms with E-state index < -0.39 is 0 Å². The van der Waals surface area contributed by atoms with E-state index >= 15 is 0 Å². The van der Waals surface area contributed by atoms with Crippen LogP contribution in [-0.4, -0.2) is 6.29 Å². The monoisotopic (exact) mass is 340 g/mol. The molecule has 23 heavy (non-hydrogen) atoms. The normalized spacial score (nSPS) is 10.7. The third kappa shape index (κ3) is 3.64. The summed E-state index contributed by atoms with van der Waals surface area (Å²) in [5.74, 6) is 0.0180. The van der Waals surface area contributed by atoms with Crippen LogP contribution in [0.5, 0.6) is 0 Å². The fourth-order valence-corrected chi connectivity index (χ4v) is 2.95. The minimum absolute atomic E-state index is 0.0180. The maximum absolute atomic E-state index is 11.1. The summed E-state index contributed by atoms with van der Waals surface area (Å²) in [6.07, 6.45) is 0.865. The van der Waals surface area contributed by atoms with E-state index in [1.807, 2.05) is 66.7 Å². The summed E-state index contributed by atoms with van der Waals surface area (Å²) >= 11 is 12.0. The molecule has 0 bridgehead atoms. The van der Waals surface area contributed by atoms with E-state index in [2.05, 4.69) is 0 Å². The lowest BCUT2D eigenvalue weighted by Gasteiger charge is -2.19. The maximum atomic E-state index is 11.1. The molecule has 0 aliphatic heterocycles. The Hall–Kier alpha value is -2.09. The summed E-state index contributed by atoms with van der Waals surface area (Å²) in [6, 6.07) is 23.2. The predicted molar refractivity (Wildman–Crippen MR) is 95.7 cm³/mol. The molecule has 3 rings (SSSR count). The van der Waals surface area contributed by atoms with Crippen molar-refractivity contribution in [2.75, 3.05) is 0 Å². The molecule has 0 atom stereocenters. The second-order valence-electron chi connectivity index (χ2n) is 5.32. The highest BCUT2D eigenvalue weighted by molar-refractivity contribution is 6.30. The number of benzene rings is 3. The molecule has 0 radical (unpaired) electrons. The molecule has 114 valence electrons. The van der Waals surface area contributed by atoms with E-state index in [-0.39, 0.29) is 5.92 Å². The lowest BCUT2D eigenvalue weighted by Crippen LogP contribution is -2.04. The molecule has 3 aromatic carbocycles. The Kier molecular flexibility index (Phi) is 4.80. The van der Waals surface area contributed by atoms with Crippen LogP contribution < -0.4 is 0 Å². The van der Waals surface area contributed by atoms with Crippen molar-refractivity contribution in [2.45, 2.75) is 5.92 Å². The number of rotatable bonds is 4. The highest BCUT2D eigenvalue weighted by Crippen LogP contribution is 2.33. The first-order valence-electron chi connectivity index (χ1n) is 7.23. The largest absolute Gasteiger partial charge is 0.298 e. The zero-order valence-corrected chi connectivity index (χ0v) is 13.8. The minimum Gasteiger partial charge on any atom is -0.298 e. The van der Waals surface area contributed by atoms with Gasteiger partial charge in [-0.2, -0.15) is 0 Å². The van der Waals surface area contributed by atoms with Crippen molar-refractivity contribution >= 4 is 29.5 Å². The summed E-state index contributed by atoms with van der Waals surface area (Å²) in [7, 11) is 0. The standard InChI is InChI=1S/C20H14Cl2O/c21-18-8-4-15(5-9-18)20(16-6-10-19(22)11-7-16)17-3-1-2-14(12-17)13-23/h1-13,20H. The lowest BCUT2D eigenvalue weighted by atomic mass is 9.85. The van der Waals surface area contributed by atoms with Gasteiger partial charge in [-0.25, -0.2) is 0 Å². The molecular weight excluding hydrogens is 327 g/mol. The molecule has 0 aliphatic carbocycles. The molecule has 3 heteroatoms. The highest BCUT2D eigenvalue weighted by atomic mass is 35.5. The Morgan fingerprint density at radius 2 is 1.22 bits per heavy atom. The molecule has 0 aromatic heterocycles. The molecule has 0 saturated heterocycles. The van der Waals surface area contributed by atoms with Gasteiger partial charge in [0.05, 0.1) is 0 Å². The first kappa shape index (κ1) is 15.8. The molecule has 0 unspecified atom stereocenters. The van der Waals surface area contributed by atoms with Crippen LogP contribution in [0.25, 0.3) is 0 Å². The van der Waals surface area contributed by atoms with Crippen molar-refractivity contribution in [1.82, 2.24) is 0 Å². The van der Waals surface area contributed by atoms with Crippen molar-refractivity contribution in [3.05, 3.63) is 105 Å². The molecule has 3 aromatic rings. The van der Waals surface area contributed by atoms with Crippen molar-refractivity contribution in [1.29, 1.82) is 0 Å². The zero-order valence-electron chi connectivity index (χ0n) is 12.2. The van der Waals surface area contributed by atoms with E-state index in [4.69, 9.17) is 23.2 Å². The van der Waals surface area contributed by atoms with Crippen LogP contribution in [0.4, 0.5) is 0 Å². The number of hydrogen-bond donors (Lipinski definition) is 0. The van der Waals surface area contributed by atoms with Crippen molar-refractivity contribution in [3.8, 4) is 0 Å². The molecule has 0 N–H and O–H groups in total. The molecule has 0 spiro atoms. The fraction of sp³-hybridized carbons (Fsp3) is 0.0500. The molecule has 0 saturated carbocycles. The topological polar surface area (TPSA) is 17.1 Å². The van der Waals surface area contributed by atoms with Gasteiger partial charge in [-0.15, -0.1) is 0 Å². The van der Waals surface area contributed by atoms with E-state index in [0.717, 1.165) is 23.0 Å². The Labute approximate surface area is 145 Å². The third-order valence-corrected chi connectivity index (χ3v) is 4.29. The van der Waals surface area contributed by atoms with E-state index in [1.54, 1.807) is 6.07 Å². The van der Waals surface area contributed by atoms with Crippen LogP contribution in [0.15, 0.2) is 72.8 Å². The summed E-state index contributed by atoms with van der Waals surface area (Å²) in [6.45, 7) is 0. The zero-order chi connectivity index (χ0) is 16.2. The fourth-order valence-electron chi connectivity index (χ4n) is 2.70. The Bertz CT molecular complexity index is 762. The van der Waals surface area contributed by atoms with Gasteiger partial charge in [0.1, 0.15) is 6.29 Å². The van der Waals surface area contributed by atoms with Crippen molar-refractivity contribution < 1.29 is 4.79 Å². The minimum atomic E-state index is 0.0180. The smallest absolute Gasteiger partial charge is 0.150 e. The third-order valence-electron chi connectivity index (χ3n) is 3.79. The van der Waals surface area contributed by atoms with Gasteiger partial charge in [0.15, 0.2) is 0 Å². The SMILES string of the molecule is O=Cc1cccc(C(c2ccc(Cl)cc2)c2ccc(Cl)cc2)c1. The van der Waals surface area contributed by atoms with Gasteiger partial charge >= 0.3 is 0 Å². The molecule has 1 nitrogen and oxygen atoms in total. The quantitative estimate of drug-likeness (QED) is 0.421.